The number of hydrogen-bond acceptors (Lipinski definition) is 2. The van der Waals surface area contributed by atoms with Gasteiger partial charge in [0.25, 0.3) is 0 Å². The van der Waals surface area contributed by atoms with Gasteiger partial charge in [-0.3, -0.25) is 0 Å². The topological polar surface area (TPSA) is 57.4 Å². The second-order valence-electron chi connectivity index (χ2n) is 14.3. The number of hydrogen-bond donors (Lipinski definition) is 0. The molecule has 8 aromatic carbocycles. The zero-order valence-electron chi connectivity index (χ0n) is 30.7. The lowest BCUT2D eigenvalue weighted by molar-refractivity contribution is -0.137. The van der Waals surface area contributed by atoms with E-state index >= 15 is 0 Å². The summed E-state index contributed by atoms with van der Waals surface area (Å²) in [6.07, 6.45) is -4.71. The number of aromatic nitrogens is 2. The Morgan fingerprint density at radius 2 is 0.931 bits per heavy atom. The lowest BCUT2D eigenvalue weighted by Crippen LogP contribution is -2.08. The minimum Gasteiger partial charge on any atom is -0.308 e. The maximum absolute atomic E-state index is 14.5. The maximum atomic E-state index is 14.5. The van der Waals surface area contributed by atoms with Crippen molar-refractivity contribution in [3.8, 4) is 56.9 Å². The molecule has 7 heteroatoms. The van der Waals surface area contributed by atoms with Crippen LogP contribution in [0.3, 0.4) is 0 Å². The van der Waals surface area contributed by atoms with Gasteiger partial charge in [0.2, 0.25) is 0 Å². The molecule has 10 aromatic rings. The van der Waals surface area contributed by atoms with Crippen LogP contribution >= 0.6 is 0 Å². The van der Waals surface area contributed by atoms with Crippen LogP contribution in [0.2, 0.25) is 0 Å². The molecule has 0 amide bonds. The standard InChI is InChI=1S/C51H29F3N4/c52-51(53,54)38-26-32(30-55)25-37(27-38)39-23-24-47(57-45-17-9-7-15-40(45)42-21-19-35(28-48(42)57)33-11-3-1-4-12-33)44(31-56)50(39)58-46-18-10-8-16-41(46)43-22-20-36(29-49(43)58)34-13-5-2-6-14-34/h1-29H. The lowest BCUT2D eigenvalue weighted by atomic mass is 9.95. The molecule has 0 fully saturated rings. The zero-order valence-corrected chi connectivity index (χ0v) is 30.7. The van der Waals surface area contributed by atoms with Gasteiger partial charge in [0.15, 0.2) is 0 Å². The monoisotopic (exact) mass is 754 g/mol. The third-order valence-corrected chi connectivity index (χ3v) is 11.0. The summed E-state index contributed by atoms with van der Waals surface area (Å²) in [5.41, 5.74) is 7.96. The minimum atomic E-state index is -4.71. The van der Waals surface area contributed by atoms with E-state index in [9.17, 15) is 23.7 Å². The van der Waals surface area contributed by atoms with Crippen molar-refractivity contribution in [3.05, 3.63) is 193 Å². The molecule has 0 bridgehead atoms. The zero-order chi connectivity index (χ0) is 39.5. The molecule has 0 saturated carbocycles. The van der Waals surface area contributed by atoms with Crippen LogP contribution in [0.25, 0.3) is 88.4 Å². The molecule has 0 N–H and O–H groups in total. The molecule has 2 aromatic heterocycles. The molecule has 0 atom stereocenters. The number of rotatable bonds is 5. The van der Waals surface area contributed by atoms with Gasteiger partial charge in [0.05, 0.1) is 50.6 Å². The van der Waals surface area contributed by atoms with Crippen LogP contribution in [0.5, 0.6) is 0 Å². The molecule has 2 heterocycles. The molecule has 0 aliphatic rings. The first-order chi connectivity index (χ1) is 28.3. The molecular formula is C51H29F3N4. The van der Waals surface area contributed by atoms with Gasteiger partial charge >= 0.3 is 6.18 Å². The predicted molar refractivity (Wildman–Crippen MR) is 226 cm³/mol. The fourth-order valence-electron chi connectivity index (χ4n) is 8.42. The number of nitrogens with zero attached hydrogens (tertiary/aromatic N) is 4. The Balaban J connectivity index is 1.37. The smallest absolute Gasteiger partial charge is 0.308 e. The molecule has 0 aliphatic carbocycles. The first-order valence-corrected chi connectivity index (χ1v) is 18.7. The van der Waals surface area contributed by atoms with E-state index in [1.807, 2.05) is 108 Å². The number of para-hydroxylation sites is 2. The van der Waals surface area contributed by atoms with E-state index in [1.54, 1.807) is 6.07 Å². The van der Waals surface area contributed by atoms with Gasteiger partial charge in [0, 0.05) is 27.1 Å². The van der Waals surface area contributed by atoms with Crippen LogP contribution in [0.4, 0.5) is 13.2 Å². The highest BCUT2D eigenvalue weighted by atomic mass is 19.4. The fourth-order valence-corrected chi connectivity index (χ4v) is 8.42. The summed E-state index contributed by atoms with van der Waals surface area (Å²) in [5, 5.41) is 25.3. The van der Waals surface area contributed by atoms with Crippen molar-refractivity contribution in [2.75, 3.05) is 0 Å². The van der Waals surface area contributed by atoms with Crippen LogP contribution in [0.15, 0.2) is 176 Å². The highest BCUT2D eigenvalue weighted by Gasteiger charge is 2.32. The van der Waals surface area contributed by atoms with Crippen LogP contribution in [-0.2, 0) is 6.18 Å². The molecule has 10 rings (SSSR count). The van der Waals surface area contributed by atoms with Gasteiger partial charge in [-0.1, -0.05) is 127 Å². The van der Waals surface area contributed by atoms with Crippen molar-refractivity contribution in [1.29, 1.82) is 10.5 Å². The summed E-state index contributed by atoms with van der Waals surface area (Å²) < 4.78 is 47.5. The van der Waals surface area contributed by atoms with Crippen molar-refractivity contribution in [2.45, 2.75) is 6.18 Å². The van der Waals surface area contributed by atoms with Gasteiger partial charge in [-0.2, -0.15) is 23.7 Å². The molecule has 0 spiro atoms. The number of halogens is 3. The van der Waals surface area contributed by atoms with Crippen molar-refractivity contribution in [2.24, 2.45) is 0 Å². The van der Waals surface area contributed by atoms with Gasteiger partial charge in [-0.25, -0.2) is 0 Å². The normalized spacial score (nSPS) is 11.7. The Hall–Kier alpha value is -7.87. The second-order valence-corrected chi connectivity index (χ2v) is 14.3. The molecule has 58 heavy (non-hydrogen) atoms. The second kappa shape index (κ2) is 13.4. The van der Waals surface area contributed by atoms with Gasteiger partial charge in [-0.15, -0.1) is 0 Å². The van der Waals surface area contributed by atoms with E-state index in [-0.39, 0.29) is 16.7 Å². The lowest BCUT2D eigenvalue weighted by Gasteiger charge is -2.21. The van der Waals surface area contributed by atoms with Crippen LogP contribution < -0.4 is 0 Å². The Morgan fingerprint density at radius 1 is 0.414 bits per heavy atom. The highest BCUT2D eigenvalue weighted by Crippen LogP contribution is 2.44. The number of alkyl halides is 3. The van der Waals surface area contributed by atoms with Crippen molar-refractivity contribution >= 4 is 43.6 Å². The Bertz CT molecular complexity index is 3340. The third kappa shape index (κ3) is 5.52. The number of benzene rings is 8. The van der Waals surface area contributed by atoms with Crippen LogP contribution in [0.1, 0.15) is 16.7 Å². The summed E-state index contributed by atoms with van der Waals surface area (Å²) in [4.78, 5) is 0. The van der Waals surface area contributed by atoms with E-state index in [4.69, 9.17) is 0 Å². The largest absolute Gasteiger partial charge is 0.416 e. The van der Waals surface area contributed by atoms with E-state index in [1.165, 1.54) is 6.07 Å². The SMILES string of the molecule is N#Cc1cc(-c2ccc(-n3c4ccccc4c4ccc(-c5ccccc5)cc43)c(C#N)c2-n2c3ccccc3c3ccc(-c4ccccc4)cc32)cc(C(F)(F)F)c1. The van der Waals surface area contributed by atoms with Crippen molar-refractivity contribution in [1.82, 2.24) is 9.13 Å². The average molecular weight is 755 g/mol. The molecule has 0 unspecified atom stereocenters. The molecule has 0 radical (unpaired) electrons. The van der Waals surface area contributed by atoms with Crippen molar-refractivity contribution in [3.63, 3.8) is 0 Å². The molecule has 4 nitrogen and oxygen atoms in total. The predicted octanol–water partition coefficient (Wildman–Crippen LogP) is 13.6. The summed E-state index contributed by atoms with van der Waals surface area (Å²) in [6, 6.07) is 59.9. The number of nitriles is 2. The van der Waals surface area contributed by atoms with Crippen molar-refractivity contribution < 1.29 is 13.2 Å². The Labute approximate surface area is 331 Å². The van der Waals surface area contributed by atoms with E-state index < -0.39 is 11.7 Å². The molecule has 0 aliphatic heterocycles. The Kier molecular flexibility index (Phi) is 8.00. The van der Waals surface area contributed by atoms with Gasteiger partial charge in [0.1, 0.15) is 11.6 Å². The van der Waals surface area contributed by atoms with Crippen LogP contribution in [-0.4, -0.2) is 9.13 Å². The van der Waals surface area contributed by atoms with Gasteiger partial charge < -0.3 is 9.13 Å². The summed E-state index contributed by atoms with van der Waals surface area (Å²) in [6.45, 7) is 0. The fraction of sp³-hybridized carbons (Fsp3) is 0.0196. The molecule has 0 saturated heterocycles. The minimum absolute atomic E-state index is 0.136. The van der Waals surface area contributed by atoms with E-state index in [2.05, 4.69) is 65.2 Å². The van der Waals surface area contributed by atoms with E-state index in [0.717, 1.165) is 78.0 Å². The summed E-state index contributed by atoms with van der Waals surface area (Å²) in [7, 11) is 0. The summed E-state index contributed by atoms with van der Waals surface area (Å²) >= 11 is 0. The van der Waals surface area contributed by atoms with E-state index in [0.29, 0.717) is 16.9 Å². The Morgan fingerprint density at radius 3 is 1.48 bits per heavy atom. The quantitative estimate of drug-likeness (QED) is 0.176. The van der Waals surface area contributed by atoms with Crippen LogP contribution in [0, 0.1) is 22.7 Å². The first kappa shape index (κ1) is 34.6. The van der Waals surface area contributed by atoms with Gasteiger partial charge in [-0.05, 0) is 76.3 Å². The summed E-state index contributed by atoms with van der Waals surface area (Å²) in [5.74, 6) is 0. The molecular weight excluding hydrogens is 726 g/mol. The average Bonchev–Trinajstić information content (AvgIpc) is 3.77. The third-order valence-electron chi connectivity index (χ3n) is 11.0. The first-order valence-electron chi connectivity index (χ1n) is 18.7. The molecule has 274 valence electrons. The maximum Gasteiger partial charge on any atom is 0.416 e. The number of fused-ring (bicyclic) bond motifs is 6. The highest BCUT2D eigenvalue weighted by molar-refractivity contribution is 6.12.